The van der Waals surface area contributed by atoms with E-state index >= 15 is 0 Å². The minimum atomic E-state index is -1.37. The molecule has 20 N–H and O–H groups in total. The number of phenols is 1. The summed E-state index contributed by atoms with van der Waals surface area (Å²) in [7, 11) is 0. The first kappa shape index (κ1) is 66.1. The molecule has 78 heavy (non-hydrogen) atoms. The number of hydrogen-bond acceptors (Lipinski definition) is 13. The molecule has 0 fully saturated rings. The number of guanidine groups is 2. The Morgan fingerprint density at radius 1 is 0.513 bits per heavy atom. The summed E-state index contributed by atoms with van der Waals surface area (Å²) in [5.41, 5.74) is 29.5. The number of nitrogens with zero attached hydrogens (tertiary/aromatic N) is 2. The van der Waals surface area contributed by atoms with Gasteiger partial charge >= 0.3 is 5.97 Å². The normalized spacial score (nSPS) is 14.1. The molecule has 8 atom stereocenters. The van der Waals surface area contributed by atoms with Crippen LogP contribution in [0.4, 0.5) is 0 Å². The first-order valence-corrected chi connectivity index (χ1v) is 26.0. The second-order valence-electron chi connectivity index (χ2n) is 20.2. The Hall–Kier alpha value is -8.03. The van der Waals surface area contributed by atoms with E-state index in [2.05, 4.69) is 52.5 Å². The zero-order valence-electron chi connectivity index (χ0n) is 45.7. The van der Waals surface area contributed by atoms with E-state index in [0.29, 0.717) is 5.56 Å². The molecule has 0 aliphatic heterocycles. The van der Waals surface area contributed by atoms with Crippen molar-refractivity contribution in [3.63, 3.8) is 0 Å². The SMILES string of the molecule is CC(C)C[C@H](NC(=O)[C@@H](NC(=O)[C@H](Cc1ccc(O)cc1)NC(=O)[C@H](C)NC(=O)[C@H](CCCN=C(N)N)NC(=O)CNC(=O)[C@H](CCCN=C(N)N)NC(=O)[C@H](CC(C)C)NC(=O)[C@@H](N)Cc1ccccc1)C(C)C)C(=O)O. The number of aliphatic carboxylic acids is 1. The van der Waals surface area contributed by atoms with Crippen LogP contribution in [0.2, 0.25) is 0 Å². The molecule has 26 nitrogen and oxygen atoms in total. The van der Waals surface area contributed by atoms with Gasteiger partial charge in [-0.1, -0.05) is 84.0 Å². The number of carboxylic acids is 1. The first-order chi connectivity index (χ1) is 36.7. The summed E-state index contributed by atoms with van der Waals surface area (Å²) in [4.78, 5) is 129. The Kier molecular flexibility index (Phi) is 28.7. The molecule has 8 amide bonds. The van der Waals surface area contributed by atoms with Crippen molar-refractivity contribution in [3.05, 3.63) is 65.7 Å². The first-order valence-electron chi connectivity index (χ1n) is 26.0. The van der Waals surface area contributed by atoms with Crippen molar-refractivity contribution in [2.75, 3.05) is 19.6 Å². The smallest absolute Gasteiger partial charge is 0.326 e. The van der Waals surface area contributed by atoms with Crippen LogP contribution in [0.15, 0.2) is 64.6 Å². The Bertz CT molecular complexity index is 2360. The molecule has 2 rings (SSSR count). The molecule has 0 saturated carbocycles. The fourth-order valence-electron chi connectivity index (χ4n) is 7.79. The topological polar surface area (TPSA) is 445 Å². The lowest BCUT2D eigenvalue weighted by Crippen LogP contribution is -2.60. The quantitative estimate of drug-likeness (QED) is 0.0204. The second-order valence-corrected chi connectivity index (χ2v) is 20.2. The van der Waals surface area contributed by atoms with E-state index in [4.69, 9.17) is 28.7 Å². The molecule has 0 spiro atoms. The molecule has 0 radical (unpaired) electrons. The largest absolute Gasteiger partial charge is 0.508 e. The Morgan fingerprint density at radius 2 is 0.987 bits per heavy atom. The number of aliphatic imine (C=N–C) groups is 2. The fraction of sp³-hybridized carbons (Fsp3) is 0.558. The highest BCUT2D eigenvalue weighted by Gasteiger charge is 2.34. The van der Waals surface area contributed by atoms with Crippen LogP contribution < -0.4 is 71.2 Å². The summed E-state index contributed by atoms with van der Waals surface area (Å²) < 4.78 is 0. The molecule has 0 unspecified atom stereocenters. The number of aromatic hydroxyl groups is 1. The zero-order valence-corrected chi connectivity index (χ0v) is 45.7. The molecule has 26 heteroatoms. The number of nitrogens with one attached hydrogen (secondary N) is 8. The van der Waals surface area contributed by atoms with Gasteiger partial charge in [0, 0.05) is 19.5 Å². The van der Waals surface area contributed by atoms with E-state index in [1.165, 1.54) is 31.2 Å². The summed E-state index contributed by atoms with van der Waals surface area (Å²) in [5.74, 6) is -8.60. The number of hydrogen-bond donors (Lipinski definition) is 15. The summed E-state index contributed by atoms with van der Waals surface area (Å²) in [6.45, 7) is 11.3. The monoisotopic (exact) mass is 1090 g/mol. The molecule has 2 aromatic carbocycles. The van der Waals surface area contributed by atoms with Crippen LogP contribution >= 0.6 is 0 Å². The summed E-state index contributed by atoms with van der Waals surface area (Å²) in [6, 6.07) is 5.01. The van der Waals surface area contributed by atoms with Crippen LogP contribution in [0, 0.1) is 17.8 Å². The van der Waals surface area contributed by atoms with Gasteiger partial charge in [-0.3, -0.25) is 48.3 Å². The summed E-state index contributed by atoms with van der Waals surface area (Å²) in [5, 5.41) is 40.3. The molecule has 0 aliphatic rings. The van der Waals surface area contributed by atoms with Crippen LogP contribution in [-0.2, 0) is 56.0 Å². The molecule has 432 valence electrons. The summed E-state index contributed by atoms with van der Waals surface area (Å²) >= 11 is 0. The van der Waals surface area contributed by atoms with E-state index in [9.17, 15) is 53.4 Å². The predicted molar refractivity (Wildman–Crippen MR) is 293 cm³/mol. The molecular formula is C52H83N15O11. The van der Waals surface area contributed by atoms with Crippen LogP contribution in [0.5, 0.6) is 5.75 Å². The maximum absolute atomic E-state index is 14.0. The van der Waals surface area contributed by atoms with E-state index in [-0.39, 0.29) is 94.0 Å². The Morgan fingerprint density at radius 3 is 1.51 bits per heavy atom. The van der Waals surface area contributed by atoms with Gasteiger partial charge < -0.3 is 81.4 Å². The van der Waals surface area contributed by atoms with Crippen LogP contribution in [-0.4, -0.2) is 143 Å². The van der Waals surface area contributed by atoms with Crippen LogP contribution in [0.25, 0.3) is 0 Å². The molecule has 0 bridgehead atoms. The third-order valence-corrected chi connectivity index (χ3v) is 11.9. The van der Waals surface area contributed by atoms with Gasteiger partial charge in [0.05, 0.1) is 12.6 Å². The number of amides is 8. The van der Waals surface area contributed by atoms with E-state index < -0.39 is 114 Å². The number of rotatable bonds is 34. The minimum Gasteiger partial charge on any atom is -0.508 e. The van der Waals surface area contributed by atoms with Crippen molar-refractivity contribution in [1.29, 1.82) is 0 Å². The lowest BCUT2D eigenvalue weighted by Gasteiger charge is -2.28. The number of carboxylic acid groups (broad SMARTS) is 1. The third-order valence-electron chi connectivity index (χ3n) is 11.9. The molecule has 0 heterocycles. The number of carbonyl (C=O) groups is 9. The zero-order chi connectivity index (χ0) is 58.6. The molecule has 0 aromatic heterocycles. The predicted octanol–water partition coefficient (Wildman–Crippen LogP) is -2.03. The van der Waals surface area contributed by atoms with Gasteiger partial charge in [0.1, 0.15) is 48.0 Å². The van der Waals surface area contributed by atoms with Crippen LogP contribution in [0.1, 0.15) is 98.1 Å². The highest BCUT2D eigenvalue weighted by molar-refractivity contribution is 5.97. The average Bonchev–Trinajstić information content (AvgIpc) is 3.36. The van der Waals surface area contributed by atoms with E-state index in [1.807, 2.05) is 44.2 Å². The van der Waals surface area contributed by atoms with Crippen molar-refractivity contribution in [2.45, 2.75) is 148 Å². The lowest BCUT2D eigenvalue weighted by atomic mass is 9.99. The van der Waals surface area contributed by atoms with Crippen molar-refractivity contribution in [3.8, 4) is 5.75 Å². The van der Waals surface area contributed by atoms with Gasteiger partial charge in [-0.25, -0.2) is 4.79 Å². The highest BCUT2D eigenvalue weighted by atomic mass is 16.4. The van der Waals surface area contributed by atoms with Crippen molar-refractivity contribution < 1.29 is 53.4 Å². The second kappa shape index (κ2) is 33.9. The maximum Gasteiger partial charge on any atom is 0.326 e. The molecule has 0 saturated heterocycles. The number of nitrogens with two attached hydrogens (primary N) is 5. The Balaban J connectivity index is 2.30. The van der Waals surface area contributed by atoms with Gasteiger partial charge in [0.25, 0.3) is 0 Å². The van der Waals surface area contributed by atoms with Crippen molar-refractivity contribution >= 4 is 65.1 Å². The maximum atomic E-state index is 14.0. The number of phenolic OH excluding ortho intramolecular Hbond substituents is 1. The van der Waals surface area contributed by atoms with Crippen LogP contribution in [0.3, 0.4) is 0 Å². The minimum absolute atomic E-state index is 0.00162. The van der Waals surface area contributed by atoms with E-state index in [0.717, 1.165) is 5.56 Å². The lowest BCUT2D eigenvalue weighted by molar-refractivity contribution is -0.143. The Labute approximate surface area is 455 Å². The van der Waals surface area contributed by atoms with Crippen molar-refractivity contribution in [1.82, 2.24) is 42.5 Å². The fourth-order valence-corrected chi connectivity index (χ4v) is 7.79. The van der Waals surface area contributed by atoms with Gasteiger partial charge in [-0.05, 0) is 92.9 Å². The molecule has 0 aliphatic carbocycles. The summed E-state index contributed by atoms with van der Waals surface area (Å²) in [6.07, 6.45) is 0.676. The standard InChI is InChI=1S/C52H83N15O11/c1-28(2)23-38(65-44(71)35(53)25-32-13-9-8-10-14-32)47(74)63-36(15-11-21-58-51(54)55)45(72)60-27-41(69)62-37(16-12-22-59-52(56)57)46(73)61-31(7)43(70)64-39(26-33-17-19-34(68)20-18-33)48(75)67-42(30(5)6)49(76)66-40(50(77)78)24-29(3)4/h8-10,13-14,17-20,28-31,35-40,42,68H,11-12,15-16,21-27,53H2,1-7H3,(H,60,72)(H,61,73)(H,62,69)(H,63,74)(H,64,70)(H,65,71)(H,66,76)(H,67,75)(H,77,78)(H4,54,55,58)(H4,56,57,59)/t31-,35-,36-,37-,38-,39-,40-,42-/m0/s1. The average molecular weight is 1090 g/mol. The van der Waals surface area contributed by atoms with Crippen molar-refractivity contribution in [2.24, 2.45) is 56.4 Å². The van der Waals surface area contributed by atoms with Gasteiger partial charge in [-0.15, -0.1) is 0 Å². The third kappa shape index (κ3) is 25.7. The molecule has 2 aromatic rings. The van der Waals surface area contributed by atoms with Gasteiger partial charge in [0.15, 0.2) is 11.9 Å². The van der Waals surface area contributed by atoms with Gasteiger partial charge in [-0.2, -0.15) is 0 Å². The number of carbonyl (C=O) groups excluding carboxylic acids is 8. The molecular weight excluding hydrogens is 1010 g/mol. The van der Waals surface area contributed by atoms with Gasteiger partial charge in [0.2, 0.25) is 47.3 Å². The number of benzene rings is 2. The highest BCUT2D eigenvalue weighted by Crippen LogP contribution is 2.14. The van der Waals surface area contributed by atoms with E-state index in [1.54, 1.807) is 27.7 Å².